The van der Waals surface area contributed by atoms with Gasteiger partial charge in [0.05, 0.1) is 6.10 Å². The number of hydrogen-bond donors (Lipinski definition) is 3. The Bertz CT molecular complexity index is 223. The van der Waals surface area contributed by atoms with Crippen LogP contribution in [0.25, 0.3) is 0 Å². The van der Waals surface area contributed by atoms with Crippen molar-refractivity contribution in [3.05, 3.63) is 0 Å². The van der Waals surface area contributed by atoms with Crippen LogP contribution in [0.15, 0.2) is 0 Å². The third-order valence-corrected chi connectivity index (χ3v) is 3.82. The molecule has 0 aliphatic carbocycles. The molecule has 3 N–H and O–H groups in total. The van der Waals surface area contributed by atoms with Gasteiger partial charge in [0, 0.05) is 18.9 Å². The van der Waals surface area contributed by atoms with E-state index >= 15 is 0 Å². The smallest absolute Gasteiger partial charge is 0.246 e. The maximum absolute atomic E-state index is 11.5. The fourth-order valence-electron chi connectivity index (χ4n) is 1.74. The van der Waals surface area contributed by atoms with Crippen LogP contribution < -0.4 is 10.6 Å². The van der Waals surface area contributed by atoms with Crippen LogP contribution in [-0.4, -0.2) is 61.5 Å². The summed E-state index contributed by atoms with van der Waals surface area (Å²) in [4.78, 5) is 11.5. The van der Waals surface area contributed by atoms with Crippen LogP contribution in [0.2, 0.25) is 0 Å². The van der Waals surface area contributed by atoms with Crippen LogP contribution in [-0.2, 0) is 9.53 Å². The predicted molar refractivity (Wildman–Crippen MR) is 73.9 cm³/mol. The molecule has 1 aliphatic rings. The van der Waals surface area contributed by atoms with Crippen molar-refractivity contribution in [3.8, 4) is 0 Å². The zero-order valence-corrected chi connectivity index (χ0v) is 11.6. The first-order valence-electron chi connectivity index (χ1n) is 6.60. The molecular formula is C12H24N2O3S. The SMILES string of the molecule is O=C(COC1CCNCC1)NCCSCCCO. The highest BCUT2D eigenvalue weighted by molar-refractivity contribution is 7.99. The molecule has 5 nitrogen and oxygen atoms in total. The van der Waals surface area contributed by atoms with Crippen molar-refractivity contribution in [2.45, 2.75) is 25.4 Å². The van der Waals surface area contributed by atoms with E-state index in [0.29, 0.717) is 6.54 Å². The third-order valence-electron chi connectivity index (χ3n) is 2.75. The summed E-state index contributed by atoms with van der Waals surface area (Å²) >= 11 is 1.74. The number of aliphatic hydroxyl groups is 1. The molecule has 0 atom stereocenters. The molecule has 1 aliphatic heterocycles. The van der Waals surface area contributed by atoms with Gasteiger partial charge in [-0.25, -0.2) is 0 Å². The molecule has 0 unspecified atom stereocenters. The maximum atomic E-state index is 11.5. The van der Waals surface area contributed by atoms with Crippen LogP contribution >= 0.6 is 11.8 Å². The quantitative estimate of drug-likeness (QED) is 0.517. The summed E-state index contributed by atoms with van der Waals surface area (Å²) in [7, 11) is 0. The molecule has 1 saturated heterocycles. The van der Waals surface area contributed by atoms with Crippen molar-refractivity contribution < 1.29 is 14.6 Å². The van der Waals surface area contributed by atoms with E-state index in [1.807, 2.05) is 0 Å². The number of piperidine rings is 1. The monoisotopic (exact) mass is 276 g/mol. The Hall–Kier alpha value is -0.300. The van der Waals surface area contributed by atoms with Crippen molar-refractivity contribution in [3.63, 3.8) is 0 Å². The van der Waals surface area contributed by atoms with Crippen LogP contribution in [0.3, 0.4) is 0 Å². The standard InChI is InChI=1S/C12H24N2O3S/c15-7-1-8-18-9-6-14-12(16)10-17-11-2-4-13-5-3-11/h11,13,15H,1-10H2,(H,14,16). The van der Waals surface area contributed by atoms with Gasteiger partial charge in [-0.2, -0.15) is 11.8 Å². The van der Waals surface area contributed by atoms with Gasteiger partial charge in [-0.05, 0) is 38.1 Å². The first kappa shape index (κ1) is 15.8. The minimum absolute atomic E-state index is 0.0312. The lowest BCUT2D eigenvalue weighted by molar-refractivity contribution is -0.128. The molecule has 18 heavy (non-hydrogen) atoms. The van der Waals surface area contributed by atoms with E-state index in [-0.39, 0.29) is 25.2 Å². The molecule has 0 spiro atoms. The Morgan fingerprint density at radius 1 is 1.39 bits per heavy atom. The predicted octanol–water partition coefficient (Wildman–Crippen LogP) is -0.0132. The normalized spacial score (nSPS) is 16.7. The van der Waals surface area contributed by atoms with Crippen LogP contribution in [0.1, 0.15) is 19.3 Å². The molecule has 1 amide bonds. The van der Waals surface area contributed by atoms with E-state index < -0.39 is 0 Å². The van der Waals surface area contributed by atoms with Crippen LogP contribution in [0, 0.1) is 0 Å². The summed E-state index contributed by atoms with van der Waals surface area (Å²) in [5, 5.41) is 14.7. The molecule has 0 saturated carbocycles. The van der Waals surface area contributed by atoms with Gasteiger partial charge in [-0.15, -0.1) is 0 Å². The first-order valence-corrected chi connectivity index (χ1v) is 7.76. The van der Waals surface area contributed by atoms with E-state index in [9.17, 15) is 4.79 Å². The number of rotatable bonds is 9. The number of carbonyl (C=O) groups excluding carboxylic acids is 1. The molecule has 0 aromatic heterocycles. The Morgan fingerprint density at radius 2 is 2.17 bits per heavy atom. The largest absolute Gasteiger partial charge is 0.396 e. The summed E-state index contributed by atoms with van der Waals surface area (Å²) < 4.78 is 5.55. The highest BCUT2D eigenvalue weighted by Crippen LogP contribution is 2.06. The Balaban J connectivity index is 1.90. The number of ether oxygens (including phenoxy) is 1. The topological polar surface area (TPSA) is 70.6 Å². The van der Waals surface area contributed by atoms with Gasteiger partial charge in [0.2, 0.25) is 5.91 Å². The molecule has 1 heterocycles. The van der Waals surface area contributed by atoms with E-state index in [4.69, 9.17) is 9.84 Å². The van der Waals surface area contributed by atoms with E-state index in [2.05, 4.69) is 10.6 Å². The minimum atomic E-state index is -0.0312. The van der Waals surface area contributed by atoms with Gasteiger partial charge in [0.1, 0.15) is 6.61 Å². The van der Waals surface area contributed by atoms with Gasteiger partial charge in [0.25, 0.3) is 0 Å². The van der Waals surface area contributed by atoms with Crippen LogP contribution in [0.4, 0.5) is 0 Å². The van der Waals surface area contributed by atoms with Crippen molar-refractivity contribution in [2.75, 3.05) is 44.4 Å². The number of amides is 1. The van der Waals surface area contributed by atoms with Crippen molar-refractivity contribution in [1.29, 1.82) is 0 Å². The lowest BCUT2D eigenvalue weighted by Crippen LogP contribution is -2.36. The average Bonchev–Trinajstić information content (AvgIpc) is 2.41. The van der Waals surface area contributed by atoms with E-state index in [1.165, 1.54) is 0 Å². The minimum Gasteiger partial charge on any atom is -0.396 e. The average molecular weight is 276 g/mol. The van der Waals surface area contributed by atoms with Crippen molar-refractivity contribution >= 4 is 17.7 Å². The van der Waals surface area contributed by atoms with Crippen LogP contribution in [0.5, 0.6) is 0 Å². The molecule has 6 heteroatoms. The molecule has 1 fully saturated rings. The highest BCUT2D eigenvalue weighted by Gasteiger charge is 2.14. The van der Waals surface area contributed by atoms with E-state index in [0.717, 1.165) is 43.9 Å². The number of hydrogen-bond acceptors (Lipinski definition) is 5. The Labute approximate surface area is 113 Å². The molecule has 0 aromatic carbocycles. The molecule has 0 bridgehead atoms. The first-order chi connectivity index (χ1) is 8.83. The third kappa shape index (κ3) is 7.92. The highest BCUT2D eigenvalue weighted by atomic mass is 32.2. The molecule has 0 aromatic rings. The number of nitrogens with one attached hydrogen (secondary N) is 2. The molecule has 106 valence electrons. The zero-order valence-electron chi connectivity index (χ0n) is 10.8. The number of thioether (sulfide) groups is 1. The fraction of sp³-hybridized carbons (Fsp3) is 0.917. The second-order valence-electron chi connectivity index (χ2n) is 4.30. The molecule has 1 rings (SSSR count). The Kier molecular flexibility index (Phi) is 9.28. The van der Waals surface area contributed by atoms with Crippen molar-refractivity contribution in [2.24, 2.45) is 0 Å². The second-order valence-corrected chi connectivity index (χ2v) is 5.52. The molecular weight excluding hydrogens is 252 g/mol. The maximum Gasteiger partial charge on any atom is 0.246 e. The number of carbonyl (C=O) groups is 1. The lowest BCUT2D eigenvalue weighted by atomic mass is 10.1. The Morgan fingerprint density at radius 3 is 2.89 bits per heavy atom. The lowest BCUT2D eigenvalue weighted by Gasteiger charge is -2.22. The summed E-state index contributed by atoms with van der Waals surface area (Å²) in [6.45, 7) is 3.04. The van der Waals surface area contributed by atoms with Crippen molar-refractivity contribution in [1.82, 2.24) is 10.6 Å². The van der Waals surface area contributed by atoms with Gasteiger partial charge >= 0.3 is 0 Å². The molecule has 0 radical (unpaired) electrons. The summed E-state index contributed by atoms with van der Waals surface area (Å²) in [6, 6.07) is 0. The van der Waals surface area contributed by atoms with Gasteiger partial charge < -0.3 is 20.5 Å². The summed E-state index contributed by atoms with van der Waals surface area (Å²) in [5.41, 5.74) is 0. The summed E-state index contributed by atoms with van der Waals surface area (Å²) in [5.74, 6) is 1.80. The number of aliphatic hydroxyl groups excluding tert-OH is 1. The zero-order chi connectivity index (χ0) is 13.1. The van der Waals surface area contributed by atoms with Gasteiger partial charge in [-0.1, -0.05) is 0 Å². The summed E-state index contributed by atoms with van der Waals surface area (Å²) in [6.07, 6.45) is 3.03. The fourth-order valence-corrected chi connectivity index (χ4v) is 2.52. The van der Waals surface area contributed by atoms with Gasteiger partial charge in [0.15, 0.2) is 0 Å². The van der Waals surface area contributed by atoms with E-state index in [1.54, 1.807) is 11.8 Å². The second kappa shape index (κ2) is 10.6. The van der Waals surface area contributed by atoms with Gasteiger partial charge in [-0.3, -0.25) is 4.79 Å².